The number of alkyl halides is 3. The van der Waals surface area contributed by atoms with Gasteiger partial charge in [0.1, 0.15) is 6.54 Å². The summed E-state index contributed by atoms with van der Waals surface area (Å²) in [7, 11) is 0. The fraction of sp³-hybridized carbons (Fsp3) is 0.214. The van der Waals surface area contributed by atoms with E-state index in [1.54, 1.807) is 0 Å². The van der Waals surface area contributed by atoms with Crippen molar-refractivity contribution in [3.8, 4) is 0 Å². The van der Waals surface area contributed by atoms with Crippen LogP contribution in [0.5, 0.6) is 0 Å². The molecule has 2 aromatic rings. The topological polar surface area (TPSA) is 84.0 Å². The van der Waals surface area contributed by atoms with Crippen LogP contribution in [0.15, 0.2) is 40.1 Å². The maximum atomic E-state index is 12.8. The Morgan fingerprint density at radius 1 is 1.26 bits per heavy atom. The van der Waals surface area contributed by atoms with E-state index in [2.05, 4.69) is 5.32 Å². The van der Waals surface area contributed by atoms with Crippen molar-refractivity contribution in [3.63, 3.8) is 0 Å². The first kappa shape index (κ1) is 16.5. The molecule has 0 fully saturated rings. The van der Waals surface area contributed by atoms with Crippen molar-refractivity contribution in [3.05, 3.63) is 62.4 Å². The van der Waals surface area contributed by atoms with Crippen LogP contribution in [-0.4, -0.2) is 15.5 Å². The summed E-state index contributed by atoms with van der Waals surface area (Å²) < 4.78 is 39.4. The van der Waals surface area contributed by atoms with Gasteiger partial charge in [-0.05, 0) is 24.6 Å². The molecule has 0 saturated carbocycles. The number of aromatic amines is 1. The van der Waals surface area contributed by atoms with Gasteiger partial charge in [0.15, 0.2) is 0 Å². The number of hydrogen-bond acceptors (Lipinski definition) is 3. The van der Waals surface area contributed by atoms with E-state index in [1.165, 1.54) is 19.1 Å². The number of H-pyrrole nitrogens is 1. The second kappa shape index (κ2) is 6.11. The molecule has 1 heterocycles. The second-order valence-corrected chi connectivity index (χ2v) is 4.81. The van der Waals surface area contributed by atoms with Crippen molar-refractivity contribution < 1.29 is 18.0 Å². The Hall–Kier alpha value is -2.84. The maximum Gasteiger partial charge on any atom is 0.416 e. The Labute approximate surface area is 127 Å². The lowest BCUT2D eigenvalue weighted by molar-refractivity contribution is -0.138. The van der Waals surface area contributed by atoms with Gasteiger partial charge in [0.2, 0.25) is 5.91 Å². The number of nitrogens with zero attached hydrogens (tertiary/aromatic N) is 1. The zero-order valence-electron chi connectivity index (χ0n) is 11.9. The molecule has 0 aliphatic rings. The molecular formula is C14H12F3N3O3. The zero-order valence-corrected chi connectivity index (χ0v) is 11.9. The molecule has 0 unspecified atom stereocenters. The highest BCUT2D eigenvalue weighted by Crippen LogP contribution is 2.33. The third-order valence-electron chi connectivity index (χ3n) is 3.04. The molecule has 1 aromatic carbocycles. The van der Waals surface area contributed by atoms with Gasteiger partial charge in [-0.3, -0.25) is 19.1 Å². The summed E-state index contributed by atoms with van der Waals surface area (Å²) in [6.45, 7) is 0.874. The normalized spacial score (nSPS) is 11.3. The van der Waals surface area contributed by atoms with Gasteiger partial charge in [-0.15, -0.1) is 0 Å². The smallest absolute Gasteiger partial charge is 0.325 e. The summed E-state index contributed by atoms with van der Waals surface area (Å²) in [5.41, 5.74) is -2.25. The number of amides is 1. The zero-order chi connectivity index (χ0) is 17.2. The summed E-state index contributed by atoms with van der Waals surface area (Å²) in [6.07, 6.45) is -3.41. The predicted molar refractivity (Wildman–Crippen MR) is 76.1 cm³/mol. The quantitative estimate of drug-likeness (QED) is 0.896. The minimum atomic E-state index is -4.53. The molecule has 2 rings (SSSR count). The Bertz CT molecular complexity index is 853. The van der Waals surface area contributed by atoms with Crippen molar-refractivity contribution in [1.82, 2.24) is 9.55 Å². The van der Waals surface area contributed by atoms with Crippen LogP contribution in [0.1, 0.15) is 11.1 Å². The first-order valence-electron chi connectivity index (χ1n) is 6.44. The molecule has 122 valence electrons. The lowest BCUT2D eigenvalue weighted by atomic mass is 10.1. The number of rotatable bonds is 3. The first-order valence-corrected chi connectivity index (χ1v) is 6.44. The third kappa shape index (κ3) is 4.09. The molecule has 0 radical (unpaired) electrons. The van der Waals surface area contributed by atoms with E-state index < -0.39 is 35.4 Å². The summed E-state index contributed by atoms with van der Waals surface area (Å²) >= 11 is 0. The largest absolute Gasteiger partial charge is 0.416 e. The SMILES string of the molecule is Cc1ccc(NC(=O)Cn2ccc(=O)[nH]c2=O)cc1C(F)(F)F. The van der Waals surface area contributed by atoms with Crippen LogP contribution in [0.25, 0.3) is 0 Å². The molecule has 0 aliphatic heterocycles. The Morgan fingerprint density at radius 2 is 1.96 bits per heavy atom. The molecule has 9 heteroatoms. The monoisotopic (exact) mass is 327 g/mol. The summed E-state index contributed by atoms with van der Waals surface area (Å²) in [5.74, 6) is -0.698. The molecule has 0 saturated heterocycles. The molecule has 1 aromatic heterocycles. The predicted octanol–water partition coefficient (Wildman–Crippen LogP) is 1.50. The maximum absolute atomic E-state index is 12.8. The fourth-order valence-electron chi connectivity index (χ4n) is 1.93. The van der Waals surface area contributed by atoms with E-state index in [-0.39, 0.29) is 11.3 Å². The van der Waals surface area contributed by atoms with Gasteiger partial charge in [0.05, 0.1) is 5.56 Å². The number of carbonyl (C=O) groups excluding carboxylic acids is 1. The summed E-state index contributed by atoms with van der Waals surface area (Å²) in [6, 6.07) is 4.45. The number of halogens is 3. The van der Waals surface area contributed by atoms with Gasteiger partial charge in [0.25, 0.3) is 5.56 Å². The fourth-order valence-corrected chi connectivity index (χ4v) is 1.93. The molecule has 2 N–H and O–H groups in total. The molecule has 0 spiro atoms. The van der Waals surface area contributed by atoms with Crippen LogP contribution in [0.4, 0.5) is 18.9 Å². The lowest BCUT2D eigenvalue weighted by Crippen LogP contribution is -2.32. The van der Waals surface area contributed by atoms with Crippen LogP contribution in [0.3, 0.4) is 0 Å². The van der Waals surface area contributed by atoms with E-state index in [9.17, 15) is 27.6 Å². The van der Waals surface area contributed by atoms with Crippen LogP contribution >= 0.6 is 0 Å². The van der Waals surface area contributed by atoms with Crippen molar-refractivity contribution >= 4 is 11.6 Å². The Kier molecular flexibility index (Phi) is 4.39. The Morgan fingerprint density at radius 3 is 2.57 bits per heavy atom. The molecule has 0 atom stereocenters. The highest BCUT2D eigenvalue weighted by molar-refractivity contribution is 5.90. The highest BCUT2D eigenvalue weighted by Gasteiger charge is 2.32. The van der Waals surface area contributed by atoms with E-state index in [0.29, 0.717) is 0 Å². The average molecular weight is 327 g/mol. The van der Waals surface area contributed by atoms with E-state index in [1.807, 2.05) is 4.98 Å². The standard InChI is InChI=1S/C14H12F3N3O3/c1-8-2-3-9(6-10(8)14(15,16)17)18-12(22)7-20-5-4-11(21)19-13(20)23/h2-6H,7H2,1H3,(H,18,22)(H,19,21,23). The van der Waals surface area contributed by atoms with Crippen molar-refractivity contribution in [1.29, 1.82) is 0 Å². The molecular weight excluding hydrogens is 315 g/mol. The minimum Gasteiger partial charge on any atom is -0.325 e. The van der Waals surface area contributed by atoms with Gasteiger partial charge in [-0.1, -0.05) is 6.07 Å². The number of hydrogen-bond donors (Lipinski definition) is 2. The molecule has 0 aliphatic carbocycles. The van der Waals surface area contributed by atoms with Gasteiger partial charge < -0.3 is 5.32 Å². The average Bonchev–Trinajstić information content (AvgIpc) is 2.43. The number of aromatic nitrogens is 2. The Balaban J connectivity index is 2.17. The van der Waals surface area contributed by atoms with Gasteiger partial charge in [-0.2, -0.15) is 13.2 Å². The number of nitrogens with one attached hydrogen (secondary N) is 2. The van der Waals surface area contributed by atoms with Crippen LogP contribution in [0, 0.1) is 6.92 Å². The number of anilines is 1. The number of aryl methyl sites for hydroxylation is 1. The molecule has 6 nitrogen and oxygen atoms in total. The van der Waals surface area contributed by atoms with Crippen LogP contribution < -0.4 is 16.6 Å². The molecule has 0 bridgehead atoms. The van der Waals surface area contributed by atoms with Crippen LogP contribution in [0.2, 0.25) is 0 Å². The van der Waals surface area contributed by atoms with E-state index >= 15 is 0 Å². The lowest BCUT2D eigenvalue weighted by Gasteiger charge is -2.13. The van der Waals surface area contributed by atoms with E-state index in [4.69, 9.17) is 0 Å². The van der Waals surface area contributed by atoms with Gasteiger partial charge in [-0.25, -0.2) is 4.79 Å². The first-order chi connectivity index (χ1) is 10.7. The number of carbonyl (C=O) groups is 1. The van der Waals surface area contributed by atoms with Crippen LogP contribution in [-0.2, 0) is 17.5 Å². The third-order valence-corrected chi connectivity index (χ3v) is 3.04. The highest BCUT2D eigenvalue weighted by atomic mass is 19.4. The summed E-state index contributed by atoms with van der Waals surface area (Å²) in [5, 5.41) is 2.28. The summed E-state index contributed by atoms with van der Waals surface area (Å²) in [4.78, 5) is 36.1. The van der Waals surface area contributed by atoms with Crippen molar-refractivity contribution in [2.75, 3.05) is 5.32 Å². The second-order valence-electron chi connectivity index (χ2n) is 4.81. The van der Waals surface area contributed by atoms with Gasteiger partial charge >= 0.3 is 11.9 Å². The minimum absolute atomic E-state index is 0.0346. The van der Waals surface area contributed by atoms with Crippen molar-refractivity contribution in [2.45, 2.75) is 19.6 Å². The van der Waals surface area contributed by atoms with Gasteiger partial charge in [0, 0.05) is 18.0 Å². The number of benzene rings is 1. The van der Waals surface area contributed by atoms with E-state index in [0.717, 1.165) is 22.9 Å². The molecule has 23 heavy (non-hydrogen) atoms. The molecule has 1 amide bonds. The van der Waals surface area contributed by atoms with Crippen molar-refractivity contribution in [2.24, 2.45) is 0 Å².